The number of aliphatic hydroxyl groups is 1. The lowest BCUT2D eigenvalue weighted by Gasteiger charge is -2.21. The maximum Gasteiger partial charge on any atom is 0.223 e. The van der Waals surface area contributed by atoms with Gasteiger partial charge < -0.3 is 21.1 Å². The number of aliphatic imine (C=N–C) groups is 1. The van der Waals surface area contributed by atoms with E-state index in [1.165, 1.54) is 7.05 Å². The molecule has 0 fully saturated rings. The molecule has 0 saturated heterocycles. The Morgan fingerprint density at radius 3 is 2.85 bits per heavy atom. The Morgan fingerprint density at radius 2 is 2.19 bits per heavy atom. The summed E-state index contributed by atoms with van der Waals surface area (Å²) in [7, 11) is 1.50. The summed E-state index contributed by atoms with van der Waals surface area (Å²) in [6, 6.07) is -0.186. The minimum absolute atomic E-state index is 0.0236. The van der Waals surface area contributed by atoms with Crippen molar-refractivity contribution in [2.24, 2.45) is 10.1 Å². The fourth-order valence-electron chi connectivity index (χ4n) is 2.36. The molecule has 2 heterocycles. The van der Waals surface area contributed by atoms with Gasteiger partial charge in [0.05, 0.1) is 11.8 Å². The highest BCUT2D eigenvalue weighted by molar-refractivity contribution is 6.44. The van der Waals surface area contributed by atoms with Crippen molar-refractivity contribution in [1.29, 1.82) is 0 Å². The number of carbonyl (C=O) groups is 2. The van der Waals surface area contributed by atoms with Crippen LogP contribution >= 0.6 is 0 Å². The van der Waals surface area contributed by atoms with Crippen molar-refractivity contribution in [3.05, 3.63) is 36.7 Å². The molecule has 2 atom stereocenters. The van der Waals surface area contributed by atoms with E-state index >= 15 is 0 Å². The Hall–Kier alpha value is -2.94. The smallest absolute Gasteiger partial charge is 0.223 e. The van der Waals surface area contributed by atoms with E-state index in [4.69, 9.17) is 0 Å². The molecule has 2 unspecified atom stereocenters. The van der Waals surface area contributed by atoms with Gasteiger partial charge in [0.2, 0.25) is 18.2 Å². The van der Waals surface area contributed by atoms with Gasteiger partial charge in [-0.3, -0.25) is 20.0 Å². The van der Waals surface area contributed by atoms with Crippen LogP contribution in [-0.4, -0.2) is 47.8 Å². The number of aliphatic hydroxyl groups excluding tert-OH is 1. The van der Waals surface area contributed by atoms with Gasteiger partial charge in [0.25, 0.3) is 0 Å². The lowest BCUT2D eigenvalue weighted by molar-refractivity contribution is -0.128. The average Bonchev–Trinajstić information content (AvgIpc) is 2.68. The zero-order valence-electron chi connectivity index (χ0n) is 14.6. The largest absolute Gasteiger partial charge is 0.379 e. The van der Waals surface area contributed by atoms with Crippen molar-refractivity contribution in [2.45, 2.75) is 38.1 Å². The molecule has 140 valence electrons. The van der Waals surface area contributed by atoms with Crippen molar-refractivity contribution in [3.63, 3.8) is 0 Å². The number of nitrogens with zero attached hydrogens (tertiary/aromatic N) is 2. The molecule has 2 rings (SSSR count). The zero-order valence-corrected chi connectivity index (χ0v) is 14.6. The van der Waals surface area contributed by atoms with Gasteiger partial charge in [0.1, 0.15) is 5.71 Å². The van der Waals surface area contributed by atoms with E-state index in [9.17, 15) is 14.7 Å². The summed E-state index contributed by atoms with van der Waals surface area (Å²) >= 11 is 0. The number of rotatable bonds is 8. The second-order valence-electron chi connectivity index (χ2n) is 5.66. The predicted octanol–water partition coefficient (Wildman–Crippen LogP) is -0.359. The van der Waals surface area contributed by atoms with E-state index in [2.05, 4.69) is 31.5 Å². The highest BCUT2D eigenvalue weighted by Gasteiger charge is 2.20. The summed E-state index contributed by atoms with van der Waals surface area (Å²) in [6.45, 7) is 0. The minimum Gasteiger partial charge on any atom is -0.379 e. The van der Waals surface area contributed by atoms with Crippen LogP contribution in [0.1, 0.15) is 25.7 Å². The lowest BCUT2D eigenvalue weighted by Crippen LogP contribution is -2.46. The molecule has 9 heteroatoms. The quantitative estimate of drug-likeness (QED) is 0.229. The molecule has 0 radical (unpaired) electrons. The standard InChI is InChI=1S/C17H24N6O3/c1-18-14(24)8-9-15(25)21-17(26)23-22-16(12-6-2-4-10-19-12)13-7-3-5-11-20-13/h2,4-6,10-12,17,19,23,26H,3,7-9H2,1H3,(H,18,24)(H,21,25)/b22-16-. The molecule has 2 aliphatic heterocycles. The number of nitrogens with one attached hydrogen (secondary N) is 4. The zero-order chi connectivity index (χ0) is 18.8. The molecule has 2 amide bonds. The first-order valence-electron chi connectivity index (χ1n) is 8.42. The van der Waals surface area contributed by atoms with Gasteiger partial charge in [-0.2, -0.15) is 5.10 Å². The lowest BCUT2D eigenvalue weighted by atomic mass is 10.0. The average molecular weight is 360 g/mol. The molecule has 0 aromatic carbocycles. The van der Waals surface area contributed by atoms with Gasteiger partial charge in [-0.25, -0.2) is 0 Å². The first-order valence-corrected chi connectivity index (χ1v) is 8.42. The van der Waals surface area contributed by atoms with Crippen molar-refractivity contribution in [3.8, 4) is 0 Å². The molecule has 0 aliphatic carbocycles. The molecular weight excluding hydrogens is 336 g/mol. The van der Waals surface area contributed by atoms with Gasteiger partial charge in [-0.15, -0.1) is 0 Å². The SMILES string of the molecule is CNC(=O)CCC(=O)NC(O)N/N=C(\C1=NC=CCC1)C1C=CC=CN1. The molecule has 0 spiro atoms. The normalized spacial score (nSPS) is 20.0. The highest BCUT2D eigenvalue weighted by Crippen LogP contribution is 2.09. The molecule has 9 nitrogen and oxygen atoms in total. The Morgan fingerprint density at radius 1 is 1.38 bits per heavy atom. The third-order valence-electron chi connectivity index (χ3n) is 3.72. The summed E-state index contributed by atoms with van der Waals surface area (Å²) in [5.74, 6) is -0.698. The van der Waals surface area contributed by atoms with Gasteiger partial charge in [-0.05, 0) is 25.1 Å². The van der Waals surface area contributed by atoms with Crippen LogP contribution in [0.4, 0.5) is 0 Å². The number of amides is 2. The van der Waals surface area contributed by atoms with E-state index < -0.39 is 12.3 Å². The van der Waals surface area contributed by atoms with E-state index in [0.717, 1.165) is 18.6 Å². The Labute approximate surface area is 152 Å². The maximum absolute atomic E-state index is 11.7. The van der Waals surface area contributed by atoms with Crippen LogP contribution in [0.25, 0.3) is 0 Å². The second kappa shape index (κ2) is 10.1. The molecular formula is C17H24N6O3. The van der Waals surface area contributed by atoms with Crippen LogP contribution in [0.3, 0.4) is 0 Å². The molecule has 0 bridgehead atoms. The van der Waals surface area contributed by atoms with E-state index in [1.54, 1.807) is 12.4 Å². The maximum atomic E-state index is 11.7. The number of hydrogen-bond acceptors (Lipinski definition) is 7. The number of dihydropyridines is 1. The van der Waals surface area contributed by atoms with Gasteiger partial charge >= 0.3 is 0 Å². The molecule has 26 heavy (non-hydrogen) atoms. The van der Waals surface area contributed by atoms with Crippen molar-refractivity contribution < 1.29 is 14.7 Å². The van der Waals surface area contributed by atoms with E-state index in [-0.39, 0.29) is 24.8 Å². The third-order valence-corrected chi connectivity index (χ3v) is 3.72. The number of allylic oxidation sites excluding steroid dienone is 3. The van der Waals surface area contributed by atoms with E-state index in [0.29, 0.717) is 5.71 Å². The fourth-order valence-corrected chi connectivity index (χ4v) is 2.36. The molecule has 0 aromatic rings. The monoisotopic (exact) mass is 360 g/mol. The minimum atomic E-state index is -1.37. The van der Waals surface area contributed by atoms with Crippen LogP contribution in [0.2, 0.25) is 0 Å². The van der Waals surface area contributed by atoms with Crippen LogP contribution in [0.15, 0.2) is 46.8 Å². The predicted molar refractivity (Wildman–Crippen MR) is 99.0 cm³/mol. The number of carbonyl (C=O) groups excluding carboxylic acids is 2. The van der Waals surface area contributed by atoms with Gasteiger partial charge in [0.15, 0.2) is 0 Å². The summed E-state index contributed by atoms with van der Waals surface area (Å²) in [4.78, 5) is 27.2. The molecule has 0 saturated carbocycles. The first-order chi connectivity index (χ1) is 12.6. The van der Waals surface area contributed by atoms with Gasteiger partial charge in [0, 0.05) is 26.1 Å². The highest BCUT2D eigenvalue weighted by atomic mass is 16.3. The topological polar surface area (TPSA) is 127 Å². The molecule has 2 aliphatic rings. The summed E-state index contributed by atoms with van der Waals surface area (Å²) in [6.07, 6.45) is 11.5. The van der Waals surface area contributed by atoms with E-state index in [1.807, 2.05) is 24.3 Å². The fraction of sp³-hybridized carbons (Fsp3) is 0.412. The Balaban J connectivity index is 1.95. The van der Waals surface area contributed by atoms with Crippen molar-refractivity contribution >= 4 is 23.2 Å². The second-order valence-corrected chi connectivity index (χ2v) is 5.66. The first kappa shape index (κ1) is 19.4. The van der Waals surface area contributed by atoms with Crippen LogP contribution < -0.4 is 21.4 Å². The van der Waals surface area contributed by atoms with Crippen molar-refractivity contribution in [2.75, 3.05) is 7.05 Å². The van der Waals surface area contributed by atoms with Crippen LogP contribution in [0.5, 0.6) is 0 Å². The van der Waals surface area contributed by atoms with Crippen molar-refractivity contribution in [1.82, 2.24) is 21.4 Å². The Kier molecular flexibility index (Phi) is 7.56. The molecule has 0 aromatic heterocycles. The van der Waals surface area contributed by atoms with Gasteiger partial charge in [-0.1, -0.05) is 18.2 Å². The summed E-state index contributed by atoms with van der Waals surface area (Å²) in [5.41, 5.74) is 3.95. The Bertz CT molecular complexity index is 665. The number of hydrogen-bond donors (Lipinski definition) is 5. The van der Waals surface area contributed by atoms with Crippen LogP contribution in [0, 0.1) is 0 Å². The molecule has 5 N–H and O–H groups in total. The third kappa shape index (κ3) is 6.17. The van der Waals surface area contributed by atoms with Crippen LogP contribution in [-0.2, 0) is 9.59 Å². The summed E-state index contributed by atoms with van der Waals surface area (Å²) < 4.78 is 0. The summed E-state index contributed by atoms with van der Waals surface area (Å²) in [5, 5.41) is 22.1. The number of hydrazone groups is 1.